The molecule has 1 aliphatic heterocycles. The zero-order valence-corrected chi connectivity index (χ0v) is 12.9. The van der Waals surface area contributed by atoms with Gasteiger partial charge in [-0.15, -0.1) is 0 Å². The quantitative estimate of drug-likeness (QED) is 0.487. The zero-order chi connectivity index (χ0) is 16.8. The fraction of sp³-hybridized carbons (Fsp3) is 0.167. The summed E-state index contributed by atoms with van der Waals surface area (Å²) in [5.41, 5.74) is 0.773. The number of furan rings is 1. The van der Waals surface area contributed by atoms with Crippen LogP contribution < -0.4 is 0 Å². The first kappa shape index (κ1) is 16.2. The maximum Gasteiger partial charge on any atom is 0.271 e. The van der Waals surface area contributed by atoms with Crippen molar-refractivity contribution >= 4 is 17.9 Å². The van der Waals surface area contributed by atoms with E-state index in [1.165, 1.54) is 0 Å². The zero-order valence-electron chi connectivity index (χ0n) is 12.9. The number of imide groups is 1. The summed E-state index contributed by atoms with van der Waals surface area (Å²) in [6.45, 7) is 3.54. The van der Waals surface area contributed by atoms with Crippen LogP contribution in [0.15, 0.2) is 63.8 Å². The van der Waals surface area contributed by atoms with Crippen molar-refractivity contribution in [2.24, 2.45) is 0 Å². The third kappa shape index (κ3) is 3.38. The average Bonchev–Trinajstić information content (AvgIpc) is 3.04. The van der Waals surface area contributed by atoms with Crippen LogP contribution in [-0.4, -0.2) is 23.3 Å². The molecular formula is C18H16N2O3. The van der Waals surface area contributed by atoms with Gasteiger partial charge in [0.15, 0.2) is 0 Å². The molecule has 5 heteroatoms. The van der Waals surface area contributed by atoms with Crippen LogP contribution >= 0.6 is 0 Å². The number of carbonyl (C=O) groups excluding carboxylic acids is 2. The lowest BCUT2D eigenvalue weighted by atomic mass is 9.95. The molecule has 0 fully saturated rings. The van der Waals surface area contributed by atoms with Crippen molar-refractivity contribution in [3.05, 3.63) is 65.2 Å². The molecule has 0 saturated carbocycles. The second-order valence-electron chi connectivity index (χ2n) is 4.81. The number of rotatable bonds is 4. The van der Waals surface area contributed by atoms with Crippen molar-refractivity contribution < 1.29 is 14.0 Å². The van der Waals surface area contributed by atoms with Gasteiger partial charge in [0.05, 0.1) is 6.26 Å². The van der Waals surface area contributed by atoms with Gasteiger partial charge in [-0.2, -0.15) is 5.26 Å². The molecule has 0 N–H and O–H groups in total. The molecule has 0 aliphatic carbocycles. The molecule has 0 aromatic carbocycles. The SMILES string of the molecule is CCN1C(=O)C(C#N)=C(C)\C(=C/C=C/C=C/c2ccco2)C1=O. The molecule has 1 aliphatic rings. The lowest BCUT2D eigenvalue weighted by Crippen LogP contribution is -2.42. The van der Waals surface area contributed by atoms with Gasteiger partial charge in [-0.1, -0.05) is 18.2 Å². The first-order valence-corrected chi connectivity index (χ1v) is 7.16. The molecule has 1 aromatic heterocycles. The summed E-state index contributed by atoms with van der Waals surface area (Å²) in [6.07, 6.45) is 10.2. The second kappa shape index (κ2) is 7.23. The van der Waals surface area contributed by atoms with Gasteiger partial charge in [0.25, 0.3) is 11.8 Å². The predicted molar refractivity (Wildman–Crippen MR) is 85.7 cm³/mol. The van der Waals surface area contributed by atoms with Crippen LogP contribution in [0, 0.1) is 11.3 Å². The molecule has 0 unspecified atom stereocenters. The number of allylic oxidation sites excluding steroid dienone is 4. The Labute approximate surface area is 134 Å². The van der Waals surface area contributed by atoms with Gasteiger partial charge in [-0.05, 0) is 43.7 Å². The van der Waals surface area contributed by atoms with Gasteiger partial charge < -0.3 is 4.42 Å². The van der Waals surface area contributed by atoms with E-state index in [9.17, 15) is 9.59 Å². The van der Waals surface area contributed by atoms with E-state index >= 15 is 0 Å². The minimum Gasteiger partial charge on any atom is -0.465 e. The molecule has 0 radical (unpaired) electrons. The third-order valence-corrected chi connectivity index (χ3v) is 3.43. The fourth-order valence-electron chi connectivity index (χ4n) is 2.20. The molecule has 0 spiro atoms. The van der Waals surface area contributed by atoms with Gasteiger partial charge in [-0.25, -0.2) is 0 Å². The van der Waals surface area contributed by atoms with Crippen molar-refractivity contribution in [2.45, 2.75) is 13.8 Å². The molecule has 23 heavy (non-hydrogen) atoms. The van der Waals surface area contributed by atoms with Gasteiger partial charge >= 0.3 is 0 Å². The predicted octanol–water partition coefficient (Wildman–Crippen LogP) is 3.00. The summed E-state index contributed by atoms with van der Waals surface area (Å²) in [5.74, 6) is -0.188. The van der Waals surface area contributed by atoms with Crippen LogP contribution in [0.5, 0.6) is 0 Å². The smallest absolute Gasteiger partial charge is 0.271 e. The van der Waals surface area contributed by atoms with Crippen molar-refractivity contribution in [3.63, 3.8) is 0 Å². The molecule has 5 nitrogen and oxygen atoms in total. The standard InChI is InChI=1S/C18H16N2O3/c1-3-20-17(21)15(13(2)16(12-19)18(20)22)10-6-4-5-8-14-9-7-11-23-14/h4-11H,3H2,1-2H3/b6-4+,8-5+,15-10+. The summed E-state index contributed by atoms with van der Waals surface area (Å²) in [7, 11) is 0. The number of nitriles is 1. The number of likely N-dealkylation sites (N-methyl/N-ethyl adjacent to an activating group) is 1. The summed E-state index contributed by atoms with van der Waals surface area (Å²) in [4.78, 5) is 25.4. The molecule has 2 rings (SSSR count). The Balaban J connectivity index is 2.25. The number of nitrogens with zero attached hydrogens (tertiary/aromatic N) is 2. The van der Waals surface area contributed by atoms with E-state index in [0.717, 1.165) is 10.7 Å². The lowest BCUT2D eigenvalue weighted by Gasteiger charge is -2.25. The monoisotopic (exact) mass is 308 g/mol. The normalized spacial score (nSPS) is 17.8. The fourth-order valence-corrected chi connectivity index (χ4v) is 2.20. The Morgan fingerprint density at radius 1 is 1.26 bits per heavy atom. The minimum absolute atomic E-state index is 0.0113. The maximum absolute atomic E-state index is 12.3. The average molecular weight is 308 g/mol. The largest absolute Gasteiger partial charge is 0.465 e. The Morgan fingerprint density at radius 3 is 2.65 bits per heavy atom. The highest BCUT2D eigenvalue weighted by atomic mass is 16.3. The van der Waals surface area contributed by atoms with E-state index < -0.39 is 5.91 Å². The first-order chi connectivity index (χ1) is 11.1. The van der Waals surface area contributed by atoms with Gasteiger partial charge in [0.2, 0.25) is 0 Å². The number of carbonyl (C=O) groups is 2. The van der Waals surface area contributed by atoms with E-state index in [1.807, 2.05) is 12.1 Å². The molecule has 1 aromatic rings. The van der Waals surface area contributed by atoms with Gasteiger partial charge in [-0.3, -0.25) is 14.5 Å². The summed E-state index contributed by atoms with van der Waals surface area (Å²) in [6, 6.07) is 5.50. The summed E-state index contributed by atoms with van der Waals surface area (Å²) >= 11 is 0. The maximum atomic E-state index is 12.3. The number of hydrogen-bond donors (Lipinski definition) is 0. The van der Waals surface area contributed by atoms with E-state index in [1.54, 1.807) is 56.6 Å². The van der Waals surface area contributed by atoms with E-state index in [0.29, 0.717) is 11.1 Å². The van der Waals surface area contributed by atoms with Crippen molar-refractivity contribution in [2.75, 3.05) is 6.54 Å². The molecule has 0 atom stereocenters. The lowest BCUT2D eigenvalue weighted by molar-refractivity contribution is -0.140. The Morgan fingerprint density at radius 2 is 2.04 bits per heavy atom. The van der Waals surface area contributed by atoms with E-state index in [2.05, 4.69) is 0 Å². The van der Waals surface area contributed by atoms with Crippen molar-refractivity contribution in [1.29, 1.82) is 5.26 Å². The topological polar surface area (TPSA) is 74.3 Å². The summed E-state index contributed by atoms with van der Waals surface area (Å²) < 4.78 is 5.16. The highest BCUT2D eigenvalue weighted by molar-refractivity contribution is 6.18. The van der Waals surface area contributed by atoms with Crippen LogP contribution in [0.1, 0.15) is 19.6 Å². The Hall–Kier alpha value is -3.13. The van der Waals surface area contributed by atoms with Crippen LogP contribution in [0.25, 0.3) is 6.08 Å². The van der Waals surface area contributed by atoms with Crippen molar-refractivity contribution in [3.8, 4) is 6.07 Å². The van der Waals surface area contributed by atoms with Crippen molar-refractivity contribution in [1.82, 2.24) is 4.90 Å². The highest BCUT2D eigenvalue weighted by Gasteiger charge is 2.33. The van der Waals surface area contributed by atoms with E-state index in [-0.39, 0.29) is 18.0 Å². The molecule has 2 amide bonds. The van der Waals surface area contributed by atoms with Gasteiger partial charge in [0.1, 0.15) is 17.4 Å². The molecular weight excluding hydrogens is 292 g/mol. The Kier molecular flexibility index (Phi) is 5.11. The number of hydrogen-bond acceptors (Lipinski definition) is 4. The summed E-state index contributed by atoms with van der Waals surface area (Å²) in [5, 5.41) is 9.13. The van der Waals surface area contributed by atoms with Gasteiger partial charge in [0, 0.05) is 12.1 Å². The van der Waals surface area contributed by atoms with E-state index in [4.69, 9.17) is 9.68 Å². The minimum atomic E-state index is -0.531. The second-order valence-corrected chi connectivity index (χ2v) is 4.81. The number of amides is 2. The van der Waals surface area contributed by atoms with Crippen LogP contribution in [0.4, 0.5) is 0 Å². The molecule has 0 bridgehead atoms. The highest BCUT2D eigenvalue weighted by Crippen LogP contribution is 2.24. The molecule has 2 heterocycles. The van der Waals surface area contributed by atoms with Crippen LogP contribution in [0.3, 0.4) is 0 Å². The van der Waals surface area contributed by atoms with Crippen LogP contribution in [-0.2, 0) is 9.59 Å². The molecule has 0 saturated heterocycles. The Bertz CT molecular complexity index is 772. The first-order valence-electron chi connectivity index (χ1n) is 7.16. The third-order valence-electron chi connectivity index (χ3n) is 3.43. The van der Waals surface area contributed by atoms with Crippen LogP contribution in [0.2, 0.25) is 0 Å². The molecule has 116 valence electrons.